The number of carbonyl (C=O) groups excluding carboxylic acids is 1. The number of nitrogens with zero attached hydrogens (tertiary/aromatic N) is 5. The maximum atomic E-state index is 11.9. The van der Waals surface area contributed by atoms with Crippen molar-refractivity contribution in [2.45, 2.75) is 56.7 Å². The molecule has 1 amide bonds. The first kappa shape index (κ1) is 17.7. The maximum absolute atomic E-state index is 11.9. The summed E-state index contributed by atoms with van der Waals surface area (Å²) in [6, 6.07) is 0.453. The molecule has 0 atom stereocenters. The Kier molecular flexibility index (Phi) is 6.89. The number of hydrogen-bond donors (Lipinski definition) is 1. The Hall–Kier alpha value is -1.15. The number of carbonyl (C=O) groups is 1. The van der Waals surface area contributed by atoms with Crippen LogP contribution in [0.15, 0.2) is 0 Å². The van der Waals surface area contributed by atoms with Crippen molar-refractivity contribution in [1.29, 1.82) is 0 Å². The van der Waals surface area contributed by atoms with Gasteiger partial charge in [0.1, 0.15) is 0 Å². The van der Waals surface area contributed by atoms with E-state index < -0.39 is 0 Å². The molecule has 1 saturated carbocycles. The van der Waals surface area contributed by atoms with Crippen LogP contribution in [-0.2, 0) is 10.5 Å². The summed E-state index contributed by atoms with van der Waals surface area (Å²) < 4.78 is 1.97. The summed E-state index contributed by atoms with van der Waals surface area (Å²) in [5.74, 6) is 2.17. The monoisotopic (exact) mass is 352 g/mol. The van der Waals surface area contributed by atoms with E-state index in [0.717, 1.165) is 18.9 Å². The molecule has 0 unspecified atom stereocenters. The lowest BCUT2D eigenvalue weighted by Gasteiger charge is -2.26. The maximum Gasteiger partial charge on any atom is 0.230 e. The van der Waals surface area contributed by atoms with Crippen LogP contribution in [0.4, 0.5) is 0 Å². The van der Waals surface area contributed by atoms with Crippen LogP contribution < -0.4 is 5.32 Å². The number of aromatic nitrogens is 4. The summed E-state index contributed by atoms with van der Waals surface area (Å²) in [5, 5.41) is 15.1. The molecule has 1 aliphatic carbocycles. The van der Waals surface area contributed by atoms with E-state index in [2.05, 4.69) is 25.7 Å². The fourth-order valence-electron chi connectivity index (χ4n) is 3.56. The second-order valence-corrected chi connectivity index (χ2v) is 7.71. The van der Waals surface area contributed by atoms with Gasteiger partial charge in [0, 0.05) is 13.1 Å². The lowest BCUT2D eigenvalue weighted by Crippen LogP contribution is -2.38. The largest absolute Gasteiger partial charge is 0.354 e. The fourth-order valence-corrected chi connectivity index (χ4v) is 4.32. The van der Waals surface area contributed by atoms with Crippen LogP contribution in [0.1, 0.15) is 56.8 Å². The number of likely N-dealkylation sites (tertiary alicyclic amines) is 1. The van der Waals surface area contributed by atoms with E-state index in [1.807, 2.05) is 4.68 Å². The van der Waals surface area contributed by atoms with E-state index in [9.17, 15) is 4.79 Å². The molecule has 2 heterocycles. The van der Waals surface area contributed by atoms with Gasteiger partial charge in [-0.3, -0.25) is 4.79 Å². The average Bonchev–Trinajstić information content (AvgIpc) is 3.27. The van der Waals surface area contributed by atoms with Crippen molar-refractivity contribution >= 4 is 17.7 Å². The van der Waals surface area contributed by atoms with Gasteiger partial charge in [0.2, 0.25) is 5.91 Å². The van der Waals surface area contributed by atoms with E-state index in [4.69, 9.17) is 0 Å². The predicted octanol–water partition coefficient (Wildman–Crippen LogP) is 1.62. The molecule has 8 heteroatoms. The van der Waals surface area contributed by atoms with Gasteiger partial charge in [-0.05, 0) is 49.2 Å². The van der Waals surface area contributed by atoms with Crippen LogP contribution in [0.3, 0.4) is 0 Å². The molecule has 1 saturated heterocycles. The van der Waals surface area contributed by atoms with Gasteiger partial charge >= 0.3 is 0 Å². The molecule has 1 aromatic heterocycles. The molecule has 24 heavy (non-hydrogen) atoms. The normalized spacial score (nSPS) is 19.7. The molecule has 0 bridgehead atoms. The number of hydrogen-bond acceptors (Lipinski definition) is 6. The zero-order valence-electron chi connectivity index (χ0n) is 14.3. The van der Waals surface area contributed by atoms with Gasteiger partial charge in [0.25, 0.3) is 0 Å². The van der Waals surface area contributed by atoms with Crippen LogP contribution in [0, 0.1) is 0 Å². The number of piperidine rings is 1. The van der Waals surface area contributed by atoms with E-state index in [0.29, 0.717) is 17.5 Å². The molecule has 0 aromatic carbocycles. The highest BCUT2D eigenvalue weighted by atomic mass is 32.2. The molecule has 134 valence electrons. The van der Waals surface area contributed by atoms with Crippen molar-refractivity contribution < 1.29 is 4.79 Å². The lowest BCUT2D eigenvalue weighted by atomic mass is 10.1. The Bertz CT molecular complexity index is 510. The van der Waals surface area contributed by atoms with Crippen molar-refractivity contribution in [2.75, 3.05) is 31.9 Å². The minimum absolute atomic E-state index is 0.108. The number of amides is 1. The summed E-state index contributed by atoms with van der Waals surface area (Å²) in [4.78, 5) is 14.4. The van der Waals surface area contributed by atoms with Crippen LogP contribution in [0.5, 0.6) is 0 Å². The van der Waals surface area contributed by atoms with Crippen molar-refractivity contribution in [2.24, 2.45) is 0 Å². The Morgan fingerprint density at radius 3 is 2.75 bits per heavy atom. The van der Waals surface area contributed by atoms with Gasteiger partial charge in [0.15, 0.2) is 5.82 Å². The molecule has 1 N–H and O–H groups in total. The zero-order valence-corrected chi connectivity index (χ0v) is 15.1. The van der Waals surface area contributed by atoms with Gasteiger partial charge in [-0.25, -0.2) is 4.68 Å². The van der Waals surface area contributed by atoms with Crippen molar-refractivity contribution in [3.05, 3.63) is 5.82 Å². The highest BCUT2D eigenvalue weighted by Crippen LogP contribution is 2.29. The molecule has 0 spiro atoms. The second-order valence-electron chi connectivity index (χ2n) is 6.72. The third kappa shape index (κ3) is 5.17. The highest BCUT2D eigenvalue weighted by Gasteiger charge is 2.21. The van der Waals surface area contributed by atoms with Crippen LogP contribution in [-0.4, -0.2) is 62.9 Å². The highest BCUT2D eigenvalue weighted by molar-refractivity contribution is 7.99. The average molecular weight is 353 g/mol. The minimum atomic E-state index is 0.108. The summed E-state index contributed by atoms with van der Waals surface area (Å²) >= 11 is 1.59. The molecule has 2 fully saturated rings. The molecular weight excluding hydrogens is 324 g/mol. The van der Waals surface area contributed by atoms with Gasteiger partial charge in [-0.2, -0.15) is 0 Å². The van der Waals surface area contributed by atoms with Gasteiger partial charge in [-0.15, -0.1) is 16.9 Å². The predicted molar refractivity (Wildman–Crippen MR) is 94.8 cm³/mol. The molecule has 2 aliphatic rings. The SMILES string of the molecule is O=C(CSCc1nnnn1C1CCCC1)NCCN1CCCCC1. The number of tetrazole rings is 1. The summed E-state index contributed by atoms with van der Waals surface area (Å²) in [6.45, 7) is 4.07. The summed E-state index contributed by atoms with van der Waals surface area (Å²) in [6.07, 6.45) is 8.78. The Balaban J connectivity index is 1.31. The molecule has 3 rings (SSSR count). The molecule has 1 aliphatic heterocycles. The molecule has 7 nitrogen and oxygen atoms in total. The zero-order chi connectivity index (χ0) is 16.6. The topological polar surface area (TPSA) is 75.9 Å². The molecular formula is C16H28N6OS. The standard InChI is InChI=1S/C16H28N6OS/c23-16(17-8-11-21-9-4-1-5-10-21)13-24-12-15-18-19-20-22(15)14-6-2-3-7-14/h14H,1-13H2,(H,17,23). The van der Waals surface area contributed by atoms with Gasteiger partial charge < -0.3 is 10.2 Å². The number of thioether (sulfide) groups is 1. The Morgan fingerprint density at radius 1 is 1.17 bits per heavy atom. The fraction of sp³-hybridized carbons (Fsp3) is 0.875. The third-order valence-electron chi connectivity index (χ3n) is 4.89. The van der Waals surface area contributed by atoms with E-state index in [1.54, 1.807) is 11.8 Å². The molecule has 0 radical (unpaired) electrons. The van der Waals surface area contributed by atoms with E-state index in [1.165, 1.54) is 58.0 Å². The minimum Gasteiger partial charge on any atom is -0.354 e. The Morgan fingerprint density at radius 2 is 1.96 bits per heavy atom. The van der Waals surface area contributed by atoms with E-state index in [-0.39, 0.29) is 5.91 Å². The smallest absolute Gasteiger partial charge is 0.230 e. The molecule has 1 aromatic rings. The number of rotatable bonds is 8. The first-order valence-electron chi connectivity index (χ1n) is 9.16. The third-order valence-corrected chi connectivity index (χ3v) is 5.82. The van der Waals surface area contributed by atoms with E-state index >= 15 is 0 Å². The number of nitrogens with one attached hydrogen (secondary N) is 1. The first-order chi connectivity index (χ1) is 11.8. The van der Waals surface area contributed by atoms with Crippen LogP contribution >= 0.6 is 11.8 Å². The van der Waals surface area contributed by atoms with Crippen LogP contribution in [0.25, 0.3) is 0 Å². The quantitative estimate of drug-likeness (QED) is 0.766. The Labute approximate surface area is 147 Å². The van der Waals surface area contributed by atoms with Gasteiger partial charge in [0.05, 0.1) is 17.5 Å². The summed E-state index contributed by atoms with van der Waals surface area (Å²) in [5.41, 5.74) is 0. The van der Waals surface area contributed by atoms with Gasteiger partial charge in [-0.1, -0.05) is 19.3 Å². The first-order valence-corrected chi connectivity index (χ1v) is 10.3. The van der Waals surface area contributed by atoms with Crippen molar-refractivity contribution in [3.8, 4) is 0 Å². The second kappa shape index (κ2) is 9.36. The lowest BCUT2D eigenvalue weighted by molar-refractivity contribution is -0.118. The van der Waals surface area contributed by atoms with Crippen molar-refractivity contribution in [3.63, 3.8) is 0 Å². The van der Waals surface area contributed by atoms with Crippen molar-refractivity contribution in [1.82, 2.24) is 30.4 Å². The summed E-state index contributed by atoms with van der Waals surface area (Å²) in [7, 11) is 0. The van der Waals surface area contributed by atoms with Crippen LogP contribution in [0.2, 0.25) is 0 Å².